The molecule has 17 heavy (non-hydrogen) atoms. The lowest BCUT2D eigenvalue weighted by atomic mass is 10.1. The number of carboxylic acids is 1. The van der Waals surface area contributed by atoms with E-state index in [9.17, 15) is 13.2 Å². The molecule has 1 saturated carbocycles. The van der Waals surface area contributed by atoms with Crippen LogP contribution in [-0.4, -0.2) is 30.2 Å². The smallest absolute Gasteiger partial charge is 0.303 e. The molecule has 0 saturated heterocycles. The number of nitrogens with zero attached hydrogens (tertiary/aromatic N) is 1. The maximum atomic E-state index is 11.9. The molecule has 1 heterocycles. The van der Waals surface area contributed by atoms with Gasteiger partial charge in [-0.25, -0.2) is 8.42 Å². The minimum absolute atomic E-state index is 0.0236. The Morgan fingerprint density at radius 3 is 2.71 bits per heavy atom. The molecule has 5 nitrogen and oxygen atoms in total. The Bertz CT molecular complexity index is 502. The lowest BCUT2D eigenvalue weighted by Crippen LogP contribution is -2.21. The van der Waals surface area contributed by atoms with Gasteiger partial charge in [-0.1, -0.05) is 0 Å². The summed E-state index contributed by atoms with van der Waals surface area (Å²) < 4.78 is 23.8. The van der Waals surface area contributed by atoms with Gasteiger partial charge in [-0.15, -0.1) is 11.3 Å². The van der Waals surface area contributed by atoms with Crippen molar-refractivity contribution >= 4 is 27.1 Å². The first-order valence-electron chi connectivity index (χ1n) is 5.20. The van der Waals surface area contributed by atoms with Gasteiger partial charge in [0.25, 0.3) is 0 Å². The van der Waals surface area contributed by atoms with Crippen molar-refractivity contribution in [3.05, 3.63) is 16.6 Å². The van der Waals surface area contributed by atoms with Gasteiger partial charge >= 0.3 is 5.97 Å². The number of aromatic nitrogens is 1. The normalized spacial score (nSPS) is 17.9. The quantitative estimate of drug-likeness (QED) is 0.846. The summed E-state index contributed by atoms with van der Waals surface area (Å²) in [6.07, 6.45) is 2.89. The fraction of sp³-hybridized carbons (Fsp3) is 0.600. The van der Waals surface area contributed by atoms with E-state index in [-0.39, 0.29) is 17.9 Å². The number of thiazole rings is 1. The zero-order chi connectivity index (χ0) is 12.5. The summed E-state index contributed by atoms with van der Waals surface area (Å²) in [5, 5.41) is 8.74. The number of aliphatic carboxylic acids is 1. The molecule has 7 heteroatoms. The summed E-state index contributed by atoms with van der Waals surface area (Å²) in [5.74, 6) is -0.973. The minimum atomic E-state index is -3.24. The highest BCUT2D eigenvalue weighted by Gasteiger charge is 2.47. The van der Waals surface area contributed by atoms with E-state index in [1.54, 1.807) is 11.7 Å². The average molecular weight is 275 g/mol. The minimum Gasteiger partial charge on any atom is -0.481 e. The highest BCUT2D eigenvalue weighted by atomic mass is 32.2. The van der Waals surface area contributed by atoms with Crippen LogP contribution in [0.4, 0.5) is 0 Å². The summed E-state index contributed by atoms with van der Waals surface area (Å²) in [5.41, 5.74) is 1.09. The molecule has 0 aliphatic heterocycles. The topological polar surface area (TPSA) is 84.3 Å². The predicted octanol–water partition coefficient (Wildman–Crippen LogP) is 1.31. The Labute approximate surface area is 103 Å². The van der Waals surface area contributed by atoms with Crippen molar-refractivity contribution in [1.29, 1.82) is 0 Å². The van der Waals surface area contributed by atoms with Crippen molar-refractivity contribution in [2.24, 2.45) is 5.41 Å². The Balaban J connectivity index is 2.00. The van der Waals surface area contributed by atoms with E-state index in [0.717, 1.165) is 0 Å². The fourth-order valence-corrected chi connectivity index (χ4v) is 5.04. The van der Waals surface area contributed by atoms with E-state index in [1.165, 1.54) is 11.3 Å². The molecule has 0 unspecified atom stereocenters. The predicted molar refractivity (Wildman–Crippen MR) is 63.5 cm³/mol. The second-order valence-corrected chi connectivity index (χ2v) is 7.61. The van der Waals surface area contributed by atoms with Crippen molar-refractivity contribution in [2.75, 3.05) is 5.75 Å². The van der Waals surface area contributed by atoms with Crippen LogP contribution < -0.4 is 0 Å². The molecule has 0 radical (unpaired) electrons. The third-order valence-corrected chi connectivity index (χ3v) is 5.62. The van der Waals surface area contributed by atoms with Crippen LogP contribution in [0.2, 0.25) is 0 Å². The third-order valence-electron chi connectivity index (χ3n) is 2.86. The number of carbonyl (C=O) groups is 1. The van der Waals surface area contributed by atoms with Crippen LogP contribution in [0.25, 0.3) is 0 Å². The van der Waals surface area contributed by atoms with Crippen molar-refractivity contribution in [1.82, 2.24) is 4.98 Å². The van der Waals surface area contributed by atoms with Gasteiger partial charge in [0.2, 0.25) is 0 Å². The van der Waals surface area contributed by atoms with E-state index in [0.29, 0.717) is 17.7 Å². The summed E-state index contributed by atoms with van der Waals surface area (Å²) in [7, 11) is -3.24. The SMILES string of the molecule is O=C(O)CC1(CS(=O)(=O)Cc2cncs2)CC1. The molecule has 94 valence electrons. The van der Waals surface area contributed by atoms with Gasteiger partial charge in [-0.05, 0) is 18.3 Å². The molecule has 0 spiro atoms. The molecule has 2 rings (SSSR count). The molecule has 1 fully saturated rings. The molecule has 0 atom stereocenters. The zero-order valence-electron chi connectivity index (χ0n) is 9.13. The molecular weight excluding hydrogens is 262 g/mol. The first-order chi connectivity index (χ1) is 7.91. The monoisotopic (exact) mass is 275 g/mol. The number of rotatable bonds is 6. The summed E-state index contributed by atoms with van der Waals surface area (Å²) in [6.45, 7) is 0. The maximum absolute atomic E-state index is 11.9. The van der Waals surface area contributed by atoms with Crippen LogP contribution >= 0.6 is 11.3 Å². The summed E-state index contributed by atoms with van der Waals surface area (Å²) >= 11 is 1.30. The molecular formula is C10H13NO4S2. The Kier molecular flexibility index (Phi) is 3.22. The van der Waals surface area contributed by atoms with Gasteiger partial charge in [0.05, 0.1) is 23.4 Å². The van der Waals surface area contributed by atoms with Gasteiger partial charge in [0.15, 0.2) is 9.84 Å². The Hall–Kier alpha value is -0.950. The van der Waals surface area contributed by atoms with Crippen LogP contribution in [0.15, 0.2) is 11.7 Å². The van der Waals surface area contributed by atoms with Crippen LogP contribution in [-0.2, 0) is 20.4 Å². The van der Waals surface area contributed by atoms with Crippen molar-refractivity contribution in [2.45, 2.75) is 25.0 Å². The Morgan fingerprint density at radius 2 is 2.24 bits per heavy atom. The van der Waals surface area contributed by atoms with E-state index in [2.05, 4.69) is 4.98 Å². The Morgan fingerprint density at radius 1 is 1.53 bits per heavy atom. The van der Waals surface area contributed by atoms with E-state index >= 15 is 0 Å². The standard InChI is InChI=1S/C10H13NO4S2/c12-9(13)3-10(1-2-10)6-17(14,15)5-8-4-11-7-16-8/h4,7H,1-3,5-6H2,(H,12,13). The van der Waals surface area contributed by atoms with Crippen LogP contribution in [0.1, 0.15) is 24.1 Å². The van der Waals surface area contributed by atoms with Crippen LogP contribution in [0, 0.1) is 5.41 Å². The first-order valence-corrected chi connectivity index (χ1v) is 7.91. The molecule has 0 amide bonds. The largest absolute Gasteiger partial charge is 0.481 e. The van der Waals surface area contributed by atoms with Crippen molar-refractivity contribution in [3.8, 4) is 0 Å². The number of hydrogen-bond donors (Lipinski definition) is 1. The molecule has 1 aliphatic carbocycles. The lowest BCUT2D eigenvalue weighted by Gasteiger charge is -2.12. The molecule has 1 aromatic heterocycles. The highest BCUT2D eigenvalue weighted by Crippen LogP contribution is 2.50. The van der Waals surface area contributed by atoms with Crippen LogP contribution in [0.3, 0.4) is 0 Å². The van der Waals surface area contributed by atoms with Gasteiger partial charge in [-0.3, -0.25) is 9.78 Å². The average Bonchev–Trinajstić information content (AvgIpc) is 2.72. The fourth-order valence-electron chi connectivity index (χ4n) is 1.92. The molecule has 1 aliphatic rings. The van der Waals surface area contributed by atoms with Gasteiger partial charge < -0.3 is 5.11 Å². The summed E-state index contributed by atoms with van der Waals surface area (Å²) in [4.78, 5) is 15.2. The van der Waals surface area contributed by atoms with Crippen molar-refractivity contribution in [3.63, 3.8) is 0 Å². The van der Waals surface area contributed by atoms with Gasteiger partial charge in [0, 0.05) is 11.1 Å². The van der Waals surface area contributed by atoms with E-state index < -0.39 is 21.2 Å². The second kappa shape index (κ2) is 4.38. The van der Waals surface area contributed by atoms with Crippen LogP contribution in [0.5, 0.6) is 0 Å². The van der Waals surface area contributed by atoms with E-state index in [4.69, 9.17) is 5.11 Å². The summed E-state index contributed by atoms with van der Waals surface area (Å²) in [6, 6.07) is 0. The number of sulfone groups is 1. The first kappa shape index (κ1) is 12.5. The van der Waals surface area contributed by atoms with Gasteiger partial charge in [-0.2, -0.15) is 0 Å². The third kappa shape index (κ3) is 3.50. The maximum Gasteiger partial charge on any atom is 0.303 e. The molecule has 1 aromatic rings. The number of hydrogen-bond acceptors (Lipinski definition) is 5. The van der Waals surface area contributed by atoms with Crippen molar-refractivity contribution < 1.29 is 18.3 Å². The number of carboxylic acid groups (broad SMARTS) is 1. The zero-order valence-corrected chi connectivity index (χ0v) is 10.8. The molecule has 0 aromatic carbocycles. The highest BCUT2D eigenvalue weighted by molar-refractivity contribution is 7.90. The second-order valence-electron chi connectivity index (χ2n) is 4.57. The van der Waals surface area contributed by atoms with E-state index in [1.807, 2.05) is 0 Å². The van der Waals surface area contributed by atoms with Gasteiger partial charge in [0.1, 0.15) is 0 Å². The molecule has 1 N–H and O–H groups in total. The molecule has 0 bridgehead atoms. The lowest BCUT2D eigenvalue weighted by molar-refractivity contribution is -0.138.